The summed E-state index contributed by atoms with van der Waals surface area (Å²) in [4.78, 5) is 2.52. The van der Waals surface area contributed by atoms with E-state index in [1.54, 1.807) is 16.4 Å². The number of para-hydroxylation sites is 1. The second-order valence-corrected chi connectivity index (χ2v) is 8.33. The highest BCUT2D eigenvalue weighted by Crippen LogP contribution is 2.27. The predicted octanol–water partition coefficient (Wildman–Crippen LogP) is 3.28. The topological polar surface area (TPSA) is 40.6 Å². The van der Waals surface area contributed by atoms with Crippen LogP contribution in [0.4, 0.5) is 5.69 Å². The molecule has 0 amide bonds. The lowest BCUT2D eigenvalue weighted by Crippen LogP contribution is -2.42. The summed E-state index contributed by atoms with van der Waals surface area (Å²) in [6.45, 7) is 3.27. The van der Waals surface area contributed by atoms with Crippen LogP contribution in [0.25, 0.3) is 0 Å². The van der Waals surface area contributed by atoms with Crippen molar-refractivity contribution >= 4 is 15.7 Å². The first-order valence-corrected chi connectivity index (χ1v) is 9.77. The van der Waals surface area contributed by atoms with Crippen LogP contribution in [0.5, 0.6) is 0 Å². The van der Waals surface area contributed by atoms with Crippen LogP contribution in [0.1, 0.15) is 18.4 Å². The second-order valence-electron chi connectivity index (χ2n) is 6.44. The second kappa shape index (κ2) is 6.95. The lowest BCUT2D eigenvalue weighted by Gasteiger charge is -2.29. The minimum atomic E-state index is -3.43. The zero-order valence-electron chi connectivity index (χ0n) is 14.2. The maximum absolute atomic E-state index is 13.0. The number of anilines is 1. The molecule has 24 heavy (non-hydrogen) atoms. The van der Waals surface area contributed by atoms with Crippen molar-refractivity contribution in [1.82, 2.24) is 4.31 Å². The van der Waals surface area contributed by atoms with Crippen molar-refractivity contribution < 1.29 is 8.42 Å². The van der Waals surface area contributed by atoms with Gasteiger partial charge in [-0.05, 0) is 44.0 Å². The number of rotatable bonds is 5. The average Bonchev–Trinajstić information content (AvgIpc) is 3.05. The Morgan fingerprint density at radius 2 is 1.75 bits per heavy atom. The highest BCUT2D eigenvalue weighted by molar-refractivity contribution is 7.89. The molecule has 1 fully saturated rings. The minimum Gasteiger partial charge on any atom is -0.373 e. The minimum absolute atomic E-state index is 0.0153. The van der Waals surface area contributed by atoms with Gasteiger partial charge in [-0.3, -0.25) is 0 Å². The van der Waals surface area contributed by atoms with Crippen molar-refractivity contribution in [3.8, 4) is 0 Å². The summed E-state index contributed by atoms with van der Waals surface area (Å²) in [5.41, 5.74) is 2.17. The summed E-state index contributed by atoms with van der Waals surface area (Å²) in [7, 11) is -1.41. The Kier molecular flexibility index (Phi) is 4.92. The van der Waals surface area contributed by atoms with Crippen LogP contribution in [0.2, 0.25) is 0 Å². The molecule has 2 aromatic rings. The molecule has 1 atom stereocenters. The van der Waals surface area contributed by atoms with Crippen LogP contribution < -0.4 is 4.90 Å². The van der Waals surface area contributed by atoms with E-state index in [9.17, 15) is 8.42 Å². The van der Waals surface area contributed by atoms with Crippen LogP contribution >= 0.6 is 0 Å². The Hall–Kier alpha value is -1.85. The van der Waals surface area contributed by atoms with E-state index in [2.05, 4.69) is 4.90 Å². The number of nitrogens with zero attached hydrogens (tertiary/aromatic N) is 2. The SMILES string of the molecule is Cc1ccc(S(=O)(=O)N2CCC[C@H]2CN(C)c2ccccc2)cc1. The summed E-state index contributed by atoms with van der Waals surface area (Å²) in [6, 6.07) is 17.2. The van der Waals surface area contributed by atoms with Gasteiger partial charge < -0.3 is 4.90 Å². The van der Waals surface area contributed by atoms with E-state index in [-0.39, 0.29) is 6.04 Å². The summed E-state index contributed by atoms with van der Waals surface area (Å²) >= 11 is 0. The quantitative estimate of drug-likeness (QED) is 0.836. The van der Waals surface area contributed by atoms with Gasteiger partial charge >= 0.3 is 0 Å². The van der Waals surface area contributed by atoms with E-state index in [1.807, 2.05) is 56.4 Å². The van der Waals surface area contributed by atoms with Crippen molar-refractivity contribution in [2.75, 3.05) is 25.0 Å². The Bertz CT molecular complexity index is 773. The number of hydrogen-bond donors (Lipinski definition) is 0. The van der Waals surface area contributed by atoms with Gasteiger partial charge in [-0.2, -0.15) is 4.31 Å². The van der Waals surface area contributed by atoms with Gasteiger partial charge in [-0.1, -0.05) is 35.9 Å². The fourth-order valence-corrected chi connectivity index (χ4v) is 4.94. The zero-order valence-corrected chi connectivity index (χ0v) is 15.0. The molecular weight excluding hydrogens is 320 g/mol. The summed E-state index contributed by atoms with van der Waals surface area (Å²) in [5.74, 6) is 0. The third-order valence-corrected chi connectivity index (χ3v) is 6.60. The van der Waals surface area contributed by atoms with Crippen LogP contribution in [0, 0.1) is 6.92 Å². The number of likely N-dealkylation sites (N-methyl/N-ethyl adjacent to an activating group) is 1. The fraction of sp³-hybridized carbons (Fsp3) is 0.368. The van der Waals surface area contributed by atoms with E-state index in [1.165, 1.54) is 0 Å². The first-order chi connectivity index (χ1) is 11.5. The van der Waals surface area contributed by atoms with Crippen molar-refractivity contribution in [2.24, 2.45) is 0 Å². The average molecular weight is 344 g/mol. The molecule has 1 aliphatic rings. The largest absolute Gasteiger partial charge is 0.373 e. The smallest absolute Gasteiger partial charge is 0.243 e. The van der Waals surface area contributed by atoms with Gasteiger partial charge in [0.25, 0.3) is 0 Å². The highest BCUT2D eigenvalue weighted by Gasteiger charge is 2.35. The van der Waals surface area contributed by atoms with Crippen molar-refractivity contribution in [3.63, 3.8) is 0 Å². The van der Waals surface area contributed by atoms with E-state index >= 15 is 0 Å². The lowest BCUT2D eigenvalue weighted by molar-refractivity contribution is 0.389. The molecule has 0 aliphatic carbocycles. The molecule has 1 saturated heterocycles. The Labute approximate surface area is 144 Å². The van der Waals surface area contributed by atoms with Crippen LogP contribution in [-0.2, 0) is 10.0 Å². The molecule has 0 bridgehead atoms. The van der Waals surface area contributed by atoms with Gasteiger partial charge in [0.1, 0.15) is 0 Å². The molecule has 0 aromatic heterocycles. The number of hydrogen-bond acceptors (Lipinski definition) is 3. The van der Waals surface area contributed by atoms with Crippen molar-refractivity contribution in [2.45, 2.75) is 30.7 Å². The van der Waals surface area contributed by atoms with Gasteiger partial charge in [0.05, 0.1) is 4.90 Å². The number of sulfonamides is 1. The third-order valence-electron chi connectivity index (χ3n) is 4.63. The van der Waals surface area contributed by atoms with Crippen molar-refractivity contribution in [3.05, 3.63) is 60.2 Å². The monoisotopic (exact) mass is 344 g/mol. The number of benzene rings is 2. The third kappa shape index (κ3) is 3.47. The molecule has 3 rings (SSSR count). The first kappa shape index (κ1) is 17.0. The molecule has 1 heterocycles. The standard InChI is InChI=1S/C19H24N2O2S/c1-16-10-12-19(13-11-16)24(22,23)21-14-6-9-18(21)15-20(2)17-7-4-3-5-8-17/h3-5,7-8,10-13,18H,6,9,14-15H2,1-2H3/t18-/m0/s1. The van der Waals surface area contributed by atoms with Gasteiger partial charge in [0.15, 0.2) is 0 Å². The maximum atomic E-state index is 13.0. The van der Waals surface area contributed by atoms with Gasteiger partial charge in [-0.15, -0.1) is 0 Å². The van der Waals surface area contributed by atoms with E-state index in [4.69, 9.17) is 0 Å². The Morgan fingerprint density at radius 1 is 1.08 bits per heavy atom. The van der Waals surface area contributed by atoms with Crippen LogP contribution in [0.15, 0.2) is 59.5 Å². The van der Waals surface area contributed by atoms with Crippen LogP contribution in [0.3, 0.4) is 0 Å². The lowest BCUT2D eigenvalue weighted by atomic mass is 10.2. The summed E-state index contributed by atoms with van der Waals surface area (Å²) in [6.07, 6.45) is 1.82. The van der Waals surface area contributed by atoms with Gasteiger partial charge in [-0.25, -0.2) is 8.42 Å². The highest BCUT2D eigenvalue weighted by atomic mass is 32.2. The van der Waals surface area contributed by atoms with Crippen molar-refractivity contribution in [1.29, 1.82) is 0 Å². The molecule has 0 spiro atoms. The Balaban J connectivity index is 1.79. The van der Waals surface area contributed by atoms with Gasteiger partial charge in [0, 0.05) is 31.9 Å². The molecule has 128 valence electrons. The predicted molar refractivity (Wildman–Crippen MR) is 97.8 cm³/mol. The maximum Gasteiger partial charge on any atom is 0.243 e. The molecule has 0 radical (unpaired) electrons. The first-order valence-electron chi connectivity index (χ1n) is 8.33. The van der Waals surface area contributed by atoms with E-state index in [0.29, 0.717) is 18.0 Å². The normalized spacial score (nSPS) is 18.7. The number of aryl methyl sites for hydroxylation is 1. The molecule has 5 heteroatoms. The summed E-state index contributed by atoms with van der Waals surface area (Å²) < 4.78 is 27.6. The summed E-state index contributed by atoms with van der Waals surface area (Å²) in [5, 5.41) is 0. The van der Waals surface area contributed by atoms with E-state index < -0.39 is 10.0 Å². The van der Waals surface area contributed by atoms with Gasteiger partial charge in [0.2, 0.25) is 10.0 Å². The molecule has 2 aromatic carbocycles. The zero-order chi connectivity index (χ0) is 17.2. The molecule has 0 N–H and O–H groups in total. The molecule has 1 aliphatic heterocycles. The van der Waals surface area contributed by atoms with E-state index in [0.717, 1.165) is 24.1 Å². The molecular formula is C19H24N2O2S. The molecule has 0 saturated carbocycles. The molecule has 4 nitrogen and oxygen atoms in total. The fourth-order valence-electron chi connectivity index (χ4n) is 3.26. The Morgan fingerprint density at radius 3 is 2.42 bits per heavy atom. The molecule has 0 unspecified atom stereocenters. The van der Waals surface area contributed by atoms with Crippen LogP contribution in [-0.4, -0.2) is 38.9 Å².